The molecule has 0 bridgehead atoms. The van der Waals surface area contributed by atoms with Crippen LogP contribution in [-0.4, -0.2) is 49.7 Å². The number of guanidine groups is 1. The molecule has 27 heavy (non-hydrogen) atoms. The molecule has 1 aromatic rings. The van der Waals surface area contributed by atoms with Crippen LogP contribution in [-0.2, 0) is 11.3 Å². The van der Waals surface area contributed by atoms with Gasteiger partial charge in [-0.1, -0.05) is 13.8 Å². The minimum atomic E-state index is 0. The summed E-state index contributed by atoms with van der Waals surface area (Å²) >= 11 is 3.51. The van der Waals surface area contributed by atoms with Crippen molar-refractivity contribution in [1.82, 2.24) is 15.5 Å². The summed E-state index contributed by atoms with van der Waals surface area (Å²) in [5, 5.41) is 6.72. The molecule has 0 saturated carbocycles. The molecule has 2 aliphatic heterocycles. The van der Waals surface area contributed by atoms with Gasteiger partial charge in [0.25, 0.3) is 0 Å². The Balaban J connectivity index is 0.00000261. The number of ether oxygens (including phenoxy) is 2. The molecule has 1 fully saturated rings. The van der Waals surface area contributed by atoms with Gasteiger partial charge in [0.05, 0.1) is 4.47 Å². The first kappa shape index (κ1) is 22.1. The number of rotatable bonds is 4. The molecule has 1 unspecified atom stereocenters. The predicted octanol–water partition coefficient (Wildman–Crippen LogP) is 2.72. The summed E-state index contributed by atoms with van der Waals surface area (Å²) in [7, 11) is 1.75. The third-order valence-corrected chi connectivity index (χ3v) is 5.09. The van der Waals surface area contributed by atoms with Crippen molar-refractivity contribution in [1.29, 1.82) is 0 Å². The van der Waals surface area contributed by atoms with Gasteiger partial charge in [-0.2, -0.15) is 0 Å². The van der Waals surface area contributed by atoms with Crippen molar-refractivity contribution in [3.8, 4) is 11.5 Å². The van der Waals surface area contributed by atoms with Crippen LogP contribution >= 0.6 is 39.9 Å². The fourth-order valence-corrected chi connectivity index (χ4v) is 3.74. The lowest BCUT2D eigenvalue weighted by molar-refractivity contribution is -0.133. The molecule has 0 spiro atoms. The summed E-state index contributed by atoms with van der Waals surface area (Å²) in [5.41, 5.74) is 1.06. The SMILES string of the molecule is CN=C(NCc1cc(Br)c2c(c1)OCO2)NC1CCN(C(=O)C(C)C)C1.I. The van der Waals surface area contributed by atoms with Gasteiger partial charge in [0, 0.05) is 38.6 Å². The van der Waals surface area contributed by atoms with E-state index in [9.17, 15) is 4.79 Å². The Hall–Kier alpha value is -1.23. The fourth-order valence-electron chi connectivity index (χ4n) is 3.14. The van der Waals surface area contributed by atoms with Gasteiger partial charge < -0.3 is 25.0 Å². The lowest BCUT2D eigenvalue weighted by Crippen LogP contribution is -2.45. The third kappa shape index (κ3) is 5.40. The zero-order chi connectivity index (χ0) is 18.7. The zero-order valence-electron chi connectivity index (χ0n) is 15.8. The molecule has 1 amide bonds. The largest absolute Gasteiger partial charge is 0.454 e. The fraction of sp³-hybridized carbons (Fsp3) is 0.556. The van der Waals surface area contributed by atoms with Gasteiger partial charge in [-0.05, 0) is 40.0 Å². The van der Waals surface area contributed by atoms with E-state index in [0.29, 0.717) is 13.1 Å². The van der Waals surface area contributed by atoms with Crippen LogP contribution in [0.1, 0.15) is 25.8 Å². The van der Waals surface area contributed by atoms with E-state index in [1.807, 2.05) is 30.9 Å². The molecule has 0 radical (unpaired) electrons. The standard InChI is InChI=1S/C18H25BrN4O3.HI/c1-11(2)17(24)23-5-4-13(9-23)22-18(20-3)21-8-12-6-14(19)16-15(7-12)25-10-26-16;/h6-7,11,13H,4-5,8-10H2,1-3H3,(H2,20,21,22);1H. The Kier molecular flexibility index (Phi) is 8.02. The molecule has 0 aliphatic carbocycles. The number of nitrogens with zero attached hydrogens (tertiary/aromatic N) is 2. The van der Waals surface area contributed by atoms with E-state index in [4.69, 9.17) is 9.47 Å². The molecule has 9 heteroatoms. The molecule has 3 rings (SSSR count). The monoisotopic (exact) mass is 552 g/mol. The molecule has 2 N–H and O–H groups in total. The van der Waals surface area contributed by atoms with Crippen molar-refractivity contribution in [2.45, 2.75) is 32.9 Å². The highest BCUT2D eigenvalue weighted by Crippen LogP contribution is 2.39. The quantitative estimate of drug-likeness (QED) is 0.341. The van der Waals surface area contributed by atoms with E-state index in [1.165, 1.54) is 0 Å². The average Bonchev–Trinajstić information content (AvgIpc) is 3.27. The second-order valence-corrected chi connectivity index (χ2v) is 7.66. The summed E-state index contributed by atoms with van der Waals surface area (Å²) < 4.78 is 11.7. The van der Waals surface area contributed by atoms with Crippen LogP contribution in [0.5, 0.6) is 11.5 Å². The van der Waals surface area contributed by atoms with Crippen LogP contribution < -0.4 is 20.1 Å². The van der Waals surface area contributed by atoms with Crippen molar-refractivity contribution < 1.29 is 14.3 Å². The molecular formula is C18H26BrIN4O3. The van der Waals surface area contributed by atoms with Crippen molar-refractivity contribution in [3.05, 3.63) is 22.2 Å². The second-order valence-electron chi connectivity index (χ2n) is 6.81. The molecule has 150 valence electrons. The molecular weight excluding hydrogens is 527 g/mol. The lowest BCUT2D eigenvalue weighted by Gasteiger charge is -2.20. The van der Waals surface area contributed by atoms with Crippen molar-refractivity contribution in [3.63, 3.8) is 0 Å². The van der Waals surface area contributed by atoms with Gasteiger partial charge in [0.15, 0.2) is 17.5 Å². The molecule has 1 aromatic carbocycles. The summed E-state index contributed by atoms with van der Waals surface area (Å²) in [6.45, 7) is 6.24. The Bertz CT molecular complexity index is 714. The highest BCUT2D eigenvalue weighted by atomic mass is 127. The minimum absolute atomic E-state index is 0. The van der Waals surface area contributed by atoms with Crippen LogP contribution in [0.2, 0.25) is 0 Å². The number of amides is 1. The number of benzene rings is 1. The van der Waals surface area contributed by atoms with E-state index in [1.54, 1.807) is 7.05 Å². The number of likely N-dealkylation sites (tertiary alicyclic amines) is 1. The smallest absolute Gasteiger partial charge is 0.231 e. The maximum absolute atomic E-state index is 12.1. The molecule has 2 heterocycles. The highest BCUT2D eigenvalue weighted by Gasteiger charge is 2.28. The summed E-state index contributed by atoms with van der Waals surface area (Å²) in [4.78, 5) is 18.3. The summed E-state index contributed by atoms with van der Waals surface area (Å²) in [6, 6.07) is 4.19. The number of aliphatic imine (C=N–C) groups is 1. The van der Waals surface area contributed by atoms with E-state index >= 15 is 0 Å². The number of halogens is 2. The summed E-state index contributed by atoms with van der Waals surface area (Å²) in [6.07, 6.45) is 0.925. The highest BCUT2D eigenvalue weighted by molar-refractivity contribution is 14.0. The van der Waals surface area contributed by atoms with E-state index in [0.717, 1.165) is 40.5 Å². The first-order valence-electron chi connectivity index (χ1n) is 8.82. The van der Waals surface area contributed by atoms with E-state index in [-0.39, 0.29) is 48.6 Å². The number of nitrogens with one attached hydrogen (secondary N) is 2. The van der Waals surface area contributed by atoms with Crippen molar-refractivity contribution in [2.24, 2.45) is 10.9 Å². The maximum Gasteiger partial charge on any atom is 0.231 e. The van der Waals surface area contributed by atoms with Gasteiger partial charge in [-0.15, -0.1) is 24.0 Å². The van der Waals surface area contributed by atoms with E-state index < -0.39 is 0 Å². The Morgan fingerprint density at radius 2 is 2.19 bits per heavy atom. The number of carbonyl (C=O) groups excluding carboxylic acids is 1. The molecule has 2 aliphatic rings. The number of hydrogen-bond acceptors (Lipinski definition) is 4. The van der Waals surface area contributed by atoms with Crippen LogP contribution in [0.15, 0.2) is 21.6 Å². The molecule has 7 nitrogen and oxygen atoms in total. The van der Waals surface area contributed by atoms with Crippen LogP contribution in [0.3, 0.4) is 0 Å². The van der Waals surface area contributed by atoms with Crippen molar-refractivity contribution in [2.75, 3.05) is 26.9 Å². The predicted molar refractivity (Wildman–Crippen MR) is 119 cm³/mol. The molecule has 1 saturated heterocycles. The van der Waals surface area contributed by atoms with Crippen LogP contribution in [0.4, 0.5) is 0 Å². The minimum Gasteiger partial charge on any atom is -0.454 e. The summed E-state index contributed by atoms with van der Waals surface area (Å²) in [5.74, 6) is 2.47. The number of fused-ring (bicyclic) bond motifs is 1. The normalized spacial score (nSPS) is 18.5. The van der Waals surface area contributed by atoms with Gasteiger partial charge >= 0.3 is 0 Å². The van der Waals surface area contributed by atoms with Crippen LogP contribution in [0.25, 0.3) is 0 Å². The average molecular weight is 553 g/mol. The second kappa shape index (κ2) is 9.81. The van der Waals surface area contributed by atoms with Gasteiger partial charge in [-0.3, -0.25) is 9.79 Å². The molecule has 0 aromatic heterocycles. The Morgan fingerprint density at radius 1 is 1.41 bits per heavy atom. The van der Waals surface area contributed by atoms with Crippen LogP contribution in [0, 0.1) is 5.92 Å². The molecule has 1 atom stereocenters. The van der Waals surface area contributed by atoms with Gasteiger partial charge in [-0.25, -0.2) is 0 Å². The Labute approximate surface area is 185 Å². The lowest BCUT2D eigenvalue weighted by atomic mass is 10.2. The van der Waals surface area contributed by atoms with Gasteiger partial charge in [0.1, 0.15) is 0 Å². The van der Waals surface area contributed by atoms with E-state index in [2.05, 4.69) is 31.6 Å². The third-order valence-electron chi connectivity index (χ3n) is 4.51. The van der Waals surface area contributed by atoms with Crippen molar-refractivity contribution >= 4 is 51.8 Å². The number of hydrogen-bond donors (Lipinski definition) is 2. The zero-order valence-corrected chi connectivity index (χ0v) is 19.7. The first-order chi connectivity index (χ1) is 12.5. The maximum atomic E-state index is 12.1. The first-order valence-corrected chi connectivity index (χ1v) is 9.61. The number of carbonyl (C=O) groups is 1. The van der Waals surface area contributed by atoms with Gasteiger partial charge in [0.2, 0.25) is 12.7 Å². The Morgan fingerprint density at radius 3 is 2.89 bits per heavy atom. The topological polar surface area (TPSA) is 75.2 Å².